The fourth-order valence-electron chi connectivity index (χ4n) is 0.737. The average molecular weight is 214 g/mol. The zero-order chi connectivity index (χ0) is 10.8. The van der Waals surface area contributed by atoms with Crippen molar-refractivity contribution in [1.82, 2.24) is 10.1 Å². The summed E-state index contributed by atoms with van der Waals surface area (Å²) in [6.45, 7) is 7.76. The van der Waals surface area contributed by atoms with Gasteiger partial charge in [-0.1, -0.05) is 25.9 Å². The van der Waals surface area contributed by atoms with Crippen molar-refractivity contribution in [3.8, 4) is 0 Å². The lowest BCUT2D eigenvalue weighted by atomic mass is 10.3. The van der Waals surface area contributed by atoms with Crippen LogP contribution >= 0.6 is 11.8 Å². The topological polar surface area (TPSA) is 56.0 Å². The number of nitrogens with zero attached hydrogens (tertiary/aromatic N) is 2. The molecule has 0 aromatic carbocycles. The van der Waals surface area contributed by atoms with Crippen LogP contribution in [0.4, 0.5) is 0 Å². The molecule has 14 heavy (non-hydrogen) atoms. The molecule has 0 saturated heterocycles. The highest BCUT2D eigenvalue weighted by Gasteiger charge is 2.15. The van der Waals surface area contributed by atoms with Gasteiger partial charge in [-0.25, -0.2) is 0 Å². The highest BCUT2D eigenvalue weighted by atomic mass is 32.2. The lowest BCUT2D eigenvalue weighted by Crippen LogP contribution is -2.07. The molecule has 0 aliphatic carbocycles. The second-order valence-corrected chi connectivity index (χ2v) is 5.78. The number of carbonyl (C=O) groups is 1. The third-order valence-electron chi connectivity index (χ3n) is 1.40. The number of thioether (sulfide) groups is 1. The van der Waals surface area contributed by atoms with Crippen LogP contribution in [0, 0.1) is 0 Å². The van der Waals surface area contributed by atoms with Gasteiger partial charge in [-0.05, 0) is 0 Å². The van der Waals surface area contributed by atoms with Crippen molar-refractivity contribution >= 4 is 17.5 Å². The summed E-state index contributed by atoms with van der Waals surface area (Å²) in [5.41, 5.74) is 0. The maximum absolute atomic E-state index is 10.9. The SMILES string of the molecule is CC(=O)c1nc(CSC(C)(C)C)no1. The second-order valence-electron chi connectivity index (χ2n) is 3.97. The molecular weight excluding hydrogens is 200 g/mol. The molecule has 0 bridgehead atoms. The average Bonchev–Trinajstić information content (AvgIpc) is 2.47. The maximum Gasteiger partial charge on any atom is 0.293 e. The van der Waals surface area contributed by atoms with Crippen molar-refractivity contribution in [3.05, 3.63) is 11.7 Å². The number of rotatable bonds is 3. The highest BCUT2D eigenvalue weighted by Crippen LogP contribution is 2.25. The van der Waals surface area contributed by atoms with Crippen LogP contribution in [0.5, 0.6) is 0 Å². The minimum absolute atomic E-state index is 0.0921. The van der Waals surface area contributed by atoms with E-state index < -0.39 is 0 Å². The second kappa shape index (κ2) is 4.13. The van der Waals surface area contributed by atoms with Crippen LogP contribution in [0.1, 0.15) is 44.2 Å². The van der Waals surface area contributed by atoms with E-state index in [1.165, 1.54) is 6.92 Å². The zero-order valence-corrected chi connectivity index (χ0v) is 9.64. The Morgan fingerprint density at radius 3 is 2.57 bits per heavy atom. The van der Waals surface area contributed by atoms with Gasteiger partial charge in [0.25, 0.3) is 5.89 Å². The van der Waals surface area contributed by atoms with Crippen molar-refractivity contribution in [2.24, 2.45) is 0 Å². The number of carbonyl (C=O) groups excluding carboxylic acids is 1. The molecule has 5 heteroatoms. The molecule has 0 amide bonds. The van der Waals surface area contributed by atoms with Crippen LogP contribution in [0.3, 0.4) is 0 Å². The summed E-state index contributed by atoms with van der Waals surface area (Å²) < 4.78 is 4.93. The van der Waals surface area contributed by atoms with Crippen LogP contribution in [0.25, 0.3) is 0 Å². The molecule has 1 heterocycles. The van der Waals surface area contributed by atoms with Gasteiger partial charge in [-0.2, -0.15) is 4.98 Å². The first-order valence-corrected chi connectivity index (χ1v) is 5.34. The third-order valence-corrected chi connectivity index (χ3v) is 2.67. The molecule has 4 nitrogen and oxygen atoms in total. The molecule has 0 saturated carbocycles. The van der Waals surface area contributed by atoms with Crippen molar-refractivity contribution in [3.63, 3.8) is 0 Å². The summed E-state index contributed by atoms with van der Waals surface area (Å²) in [5, 5.41) is 3.71. The van der Waals surface area contributed by atoms with Gasteiger partial charge >= 0.3 is 0 Å². The largest absolute Gasteiger partial charge is 0.331 e. The summed E-state index contributed by atoms with van der Waals surface area (Å²) in [7, 11) is 0. The lowest BCUT2D eigenvalue weighted by Gasteiger charge is -2.15. The molecule has 0 atom stereocenters. The first-order chi connectivity index (χ1) is 6.38. The van der Waals surface area contributed by atoms with E-state index in [0.717, 1.165) is 0 Å². The van der Waals surface area contributed by atoms with E-state index >= 15 is 0 Å². The Morgan fingerprint density at radius 2 is 2.14 bits per heavy atom. The summed E-state index contributed by atoms with van der Waals surface area (Å²) in [4.78, 5) is 14.8. The fourth-order valence-corrected chi connectivity index (χ4v) is 1.42. The maximum atomic E-state index is 10.9. The van der Waals surface area contributed by atoms with E-state index in [1.54, 1.807) is 11.8 Å². The van der Waals surface area contributed by atoms with E-state index in [9.17, 15) is 4.79 Å². The summed E-state index contributed by atoms with van der Waals surface area (Å²) in [6.07, 6.45) is 0. The Labute approximate surface area is 87.5 Å². The Kier molecular flexibility index (Phi) is 3.31. The molecule has 0 aliphatic heterocycles. The van der Waals surface area contributed by atoms with Gasteiger partial charge in [0.1, 0.15) is 0 Å². The monoisotopic (exact) mass is 214 g/mol. The van der Waals surface area contributed by atoms with Crippen molar-refractivity contribution < 1.29 is 9.32 Å². The van der Waals surface area contributed by atoms with Gasteiger partial charge in [-0.15, -0.1) is 11.8 Å². The van der Waals surface area contributed by atoms with Gasteiger partial charge in [0, 0.05) is 11.7 Å². The lowest BCUT2D eigenvalue weighted by molar-refractivity contribution is 0.0972. The molecule has 1 aromatic heterocycles. The van der Waals surface area contributed by atoms with Crippen molar-refractivity contribution in [2.45, 2.75) is 38.2 Å². The normalized spacial score (nSPS) is 11.7. The molecule has 1 rings (SSSR count). The highest BCUT2D eigenvalue weighted by molar-refractivity contribution is 7.99. The predicted octanol–water partition coefficient (Wildman–Crippen LogP) is 2.30. The van der Waals surface area contributed by atoms with Gasteiger partial charge in [0.2, 0.25) is 5.78 Å². The number of ketones is 1. The van der Waals surface area contributed by atoms with Crippen LogP contribution in [-0.2, 0) is 5.75 Å². The quantitative estimate of drug-likeness (QED) is 0.723. The predicted molar refractivity (Wildman–Crippen MR) is 55.4 cm³/mol. The summed E-state index contributed by atoms with van der Waals surface area (Å²) >= 11 is 1.72. The standard InChI is InChI=1S/C9H14N2O2S/c1-6(12)8-10-7(11-13-8)5-14-9(2,3)4/h5H2,1-4H3. The molecule has 0 N–H and O–H groups in total. The first kappa shape index (κ1) is 11.2. The van der Waals surface area contributed by atoms with Crippen LogP contribution in [0.15, 0.2) is 4.52 Å². The van der Waals surface area contributed by atoms with Gasteiger partial charge in [0.15, 0.2) is 5.82 Å². The Morgan fingerprint density at radius 1 is 1.50 bits per heavy atom. The third kappa shape index (κ3) is 3.49. The number of aromatic nitrogens is 2. The Balaban J connectivity index is 2.56. The Hall–Kier alpha value is -0.840. The van der Waals surface area contributed by atoms with E-state index in [-0.39, 0.29) is 16.4 Å². The molecule has 0 radical (unpaired) electrons. The first-order valence-electron chi connectivity index (χ1n) is 4.36. The zero-order valence-electron chi connectivity index (χ0n) is 8.83. The fraction of sp³-hybridized carbons (Fsp3) is 0.667. The summed E-state index contributed by atoms with van der Waals surface area (Å²) in [6, 6.07) is 0. The number of hydrogen-bond donors (Lipinski definition) is 0. The van der Waals surface area contributed by atoms with Crippen molar-refractivity contribution in [1.29, 1.82) is 0 Å². The smallest absolute Gasteiger partial charge is 0.293 e. The molecule has 0 spiro atoms. The molecule has 0 unspecified atom stereocenters. The van der Waals surface area contributed by atoms with Gasteiger partial charge in [-0.3, -0.25) is 4.79 Å². The van der Waals surface area contributed by atoms with Crippen LogP contribution in [-0.4, -0.2) is 20.7 Å². The summed E-state index contributed by atoms with van der Waals surface area (Å²) in [5.74, 6) is 1.15. The Bertz CT molecular complexity index is 328. The van der Waals surface area contributed by atoms with E-state index in [4.69, 9.17) is 4.52 Å². The van der Waals surface area contributed by atoms with E-state index in [2.05, 4.69) is 30.9 Å². The van der Waals surface area contributed by atoms with E-state index in [0.29, 0.717) is 11.6 Å². The molecule has 0 aliphatic rings. The van der Waals surface area contributed by atoms with E-state index in [1.807, 2.05) is 0 Å². The minimum Gasteiger partial charge on any atom is -0.331 e. The van der Waals surface area contributed by atoms with Gasteiger partial charge < -0.3 is 4.52 Å². The molecule has 1 aromatic rings. The minimum atomic E-state index is -0.190. The molecular formula is C9H14N2O2S. The number of hydrogen-bond acceptors (Lipinski definition) is 5. The molecule has 0 fully saturated rings. The van der Waals surface area contributed by atoms with Crippen LogP contribution < -0.4 is 0 Å². The van der Waals surface area contributed by atoms with Crippen molar-refractivity contribution in [2.75, 3.05) is 0 Å². The molecule has 78 valence electrons. The van der Waals surface area contributed by atoms with Gasteiger partial charge in [0.05, 0.1) is 5.75 Å². The number of Topliss-reactive ketones (excluding diaryl/α,β-unsaturated/α-hetero) is 1. The van der Waals surface area contributed by atoms with Crippen LogP contribution in [0.2, 0.25) is 0 Å².